The van der Waals surface area contributed by atoms with E-state index >= 15 is 0 Å². The minimum atomic E-state index is -0.698. The van der Waals surface area contributed by atoms with Gasteiger partial charge in [0.2, 0.25) is 0 Å². The van der Waals surface area contributed by atoms with Gasteiger partial charge in [-0.2, -0.15) is 5.10 Å². The molecule has 0 aliphatic carbocycles. The summed E-state index contributed by atoms with van der Waals surface area (Å²) in [6.07, 6.45) is 2.44. The Morgan fingerprint density at radius 1 is 1.57 bits per heavy atom. The number of aryl methyl sites for hydroxylation is 1. The van der Waals surface area contributed by atoms with Crippen LogP contribution in [0.1, 0.15) is 15.9 Å². The van der Waals surface area contributed by atoms with Crippen molar-refractivity contribution >= 4 is 29.0 Å². The van der Waals surface area contributed by atoms with E-state index < -0.39 is 16.5 Å². The van der Waals surface area contributed by atoms with Gasteiger partial charge < -0.3 is 11.1 Å². The Balaban J connectivity index is 2.19. The van der Waals surface area contributed by atoms with E-state index in [1.54, 1.807) is 7.05 Å². The van der Waals surface area contributed by atoms with Crippen LogP contribution >= 0.6 is 11.6 Å². The predicted octanol–water partition coefficient (Wildman–Crippen LogP) is 0.889. The number of aromatic nitrogens is 3. The first-order chi connectivity index (χ1) is 9.90. The molecule has 0 aliphatic rings. The number of hydrogen-bond donors (Lipinski definition) is 2. The third kappa shape index (κ3) is 3.08. The summed E-state index contributed by atoms with van der Waals surface area (Å²) in [6, 6.07) is 1.14. The molecule has 2 heterocycles. The van der Waals surface area contributed by atoms with Gasteiger partial charge in [-0.3, -0.25) is 19.6 Å². The fourth-order valence-corrected chi connectivity index (χ4v) is 1.81. The van der Waals surface area contributed by atoms with Gasteiger partial charge in [0.05, 0.1) is 11.1 Å². The summed E-state index contributed by atoms with van der Waals surface area (Å²) in [5.74, 6) is -0.244. The maximum absolute atomic E-state index is 12.0. The number of carbonyl (C=O) groups is 1. The molecule has 0 radical (unpaired) electrons. The number of halogens is 1. The van der Waals surface area contributed by atoms with Gasteiger partial charge in [0.15, 0.2) is 0 Å². The first kappa shape index (κ1) is 14.7. The van der Waals surface area contributed by atoms with Crippen molar-refractivity contribution in [3.05, 3.63) is 44.9 Å². The summed E-state index contributed by atoms with van der Waals surface area (Å²) < 4.78 is 1.45. The zero-order valence-electron chi connectivity index (χ0n) is 10.9. The third-order valence-corrected chi connectivity index (χ3v) is 3.00. The molecule has 0 spiro atoms. The molecule has 0 atom stereocenters. The third-order valence-electron chi connectivity index (χ3n) is 2.79. The highest BCUT2D eigenvalue weighted by Crippen LogP contribution is 2.20. The van der Waals surface area contributed by atoms with Crippen molar-refractivity contribution < 1.29 is 9.72 Å². The molecule has 0 bridgehead atoms. The van der Waals surface area contributed by atoms with Crippen LogP contribution < -0.4 is 11.1 Å². The van der Waals surface area contributed by atoms with Crippen LogP contribution in [-0.4, -0.2) is 25.6 Å². The Hall–Kier alpha value is -2.68. The van der Waals surface area contributed by atoms with E-state index in [4.69, 9.17) is 17.3 Å². The van der Waals surface area contributed by atoms with Crippen molar-refractivity contribution in [1.82, 2.24) is 20.1 Å². The first-order valence-corrected chi connectivity index (χ1v) is 6.12. The van der Waals surface area contributed by atoms with Gasteiger partial charge in [-0.1, -0.05) is 11.6 Å². The lowest BCUT2D eigenvalue weighted by Gasteiger charge is -2.05. The Bertz CT molecular complexity index is 714. The summed E-state index contributed by atoms with van der Waals surface area (Å²) in [4.78, 5) is 25.8. The molecule has 21 heavy (non-hydrogen) atoms. The van der Waals surface area contributed by atoms with Gasteiger partial charge in [0.25, 0.3) is 11.6 Å². The van der Waals surface area contributed by atoms with Gasteiger partial charge in [0.1, 0.15) is 22.7 Å². The molecule has 9 nitrogen and oxygen atoms in total. The van der Waals surface area contributed by atoms with E-state index in [0.717, 1.165) is 12.3 Å². The molecule has 2 aromatic rings. The van der Waals surface area contributed by atoms with Crippen LogP contribution in [0.15, 0.2) is 18.5 Å². The molecule has 0 fully saturated rings. The Morgan fingerprint density at radius 2 is 2.29 bits per heavy atom. The van der Waals surface area contributed by atoms with E-state index in [0.29, 0.717) is 11.4 Å². The second-order valence-electron chi connectivity index (χ2n) is 4.14. The topological polar surface area (TPSA) is 129 Å². The van der Waals surface area contributed by atoms with E-state index in [1.165, 1.54) is 10.9 Å². The average Bonchev–Trinajstić information content (AvgIpc) is 2.75. The van der Waals surface area contributed by atoms with E-state index in [9.17, 15) is 14.9 Å². The fourth-order valence-electron chi connectivity index (χ4n) is 1.65. The largest absolute Gasteiger partial charge is 0.384 e. The van der Waals surface area contributed by atoms with Crippen molar-refractivity contribution in [2.75, 3.05) is 5.73 Å². The number of anilines is 1. The lowest BCUT2D eigenvalue weighted by atomic mass is 10.2. The summed E-state index contributed by atoms with van der Waals surface area (Å²) in [6.45, 7) is 0.0929. The minimum absolute atomic E-state index is 0.00774. The van der Waals surface area contributed by atoms with Crippen molar-refractivity contribution in [2.24, 2.45) is 7.05 Å². The first-order valence-electron chi connectivity index (χ1n) is 5.74. The van der Waals surface area contributed by atoms with E-state index in [1.807, 2.05) is 0 Å². The van der Waals surface area contributed by atoms with Crippen LogP contribution in [0.4, 0.5) is 11.5 Å². The van der Waals surface area contributed by atoms with Crippen LogP contribution in [-0.2, 0) is 13.6 Å². The molecule has 3 N–H and O–H groups in total. The molecule has 0 saturated carbocycles. The Labute approximate surface area is 123 Å². The molecule has 1 amide bonds. The van der Waals surface area contributed by atoms with Gasteiger partial charge in [0, 0.05) is 19.2 Å². The summed E-state index contributed by atoms with van der Waals surface area (Å²) in [7, 11) is 1.66. The standard InChI is InChI=1S/C11H11ClN6O3/c1-17-10(13)6(4-16-17)3-15-11(19)7-2-9(12)14-5-8(7)18(20)21/h2,4-5H,3,13H2,1H3,(H,15,19). The number of carbonyl (C=O) groups excluding carboxylic acids is 1. The van der Waals surface area contributed by atoms with E-state index in [-0.39, 0.29) is 17.3 Å². The molecule has 2 aromatic heterocycles. The monoisotopic (exact) mass is 310 g/mol. The van der Waals surface area contributed by atoms with Crippen LogP contribution in [0, 0.1) is 10.1 Å². The van der Waals surface area contributed by atoms with Crippen LogP contribution in [0.25, 0.3) is 0 Å². The van der Waals surface area contributed by atoms with Crippen molar-refractivity contribution in [2.45, 2.75) is 6.54 Å². The van der Waals surface area contributed by atoms with Crippen LogP contribution in [0.2, 0.25) is 5.15 Å². The Morgan fingerprint density at radius 3 is 2.86 bits per heavy atom. The number of amides is 1. The zero-order valence-corrected chi connectivity index (χ0v) is 11.7. The number of hydrogen-bond acceptors (Lipinski definition) is 6. The highest BCUT2D eigenvalue weighted by atomic mass is 35.5. The number of nitro groups is 1. The van der Waals surface area contributed by atoms with E-state index in [2.05, 4.69) is 15.4 Å². The maximum atomic E-state index is 12.0. The van der Waals surface area contributed by atoms with Crippen molar-refractivity contribution in [1.29, 1.82) is 0 Å². The van der Waals surface area contributed by atoms with Gasteiger partial charge in [-0.15, -0.1) is 0 Å². The SMILES string of the molecule is Cn1ncc(CNC(=O)c2cc(Cl)ncc2[N+](=O)[O-])c1N. The predicted molar refractivity (Wildman–Crippen MR) is 74.7 cm³/mol. The highest BCUT2D eigenvalue weighted by Gasteiger charge is 2.21. The molecule has 10 heteroatoms. The number of pyridine rings is 1. The highest BCUT2D eigenvalue weighted by molar-refractivity contribution is 6.29. The number of nitrogens with two attached hydrogens (primary N) is 1. The molecule has 110 valence electrons. The zero-order chi connectivity index (χ0) is 15.6. The minimum Gasteiger partial charge on any atom is -0.384 e. The number of nitrogen functional groups attached to an aromatic ring is 1. The van der Waals surface area contributed by atoms with Gasteiger partial charge in [-0.05, 0) is 6.07 Å². The lowest BCUT2D eigenvalue weighted by molar-refractivity contribution is -0.385. The maximum Gasteiger partial charge on any atom is 0.300 e. The van der Waals surface area contributed by atoms with Gasteiger partial charge >= 0.3 is 0 Å². The Kier molecular flexibility index (Phi) is 4.03. The van der Waals surface area contributed by atoms with Crippen molar-refractivity contribution in [3.63, 3.8) is 0 Å². The van der Waals surface area contributed by atoms with Crippen molar-refractivity contribution in [3.8, 4) is 0 Å². The summed E-state index contributed by atoms with van der Waals surface area (Å²) in [5, 5.41) is 17.3. The summed E-state index contributed by atoms with van der Waals surface area (Å²) >= 11 is 5.66. The van der Waals surface area contributed by atoms with Crippen LogP contribution in [0.3, 0.4) is 0 Å². The number of rotatable bonds is 4. The molecule has 0 saturated heterocycles. The molecule has 0 unspecified atom stereocenters. The molecule has 0 aromatic carbocycles. The quantitative estimate of drug-likeness (QED) is 0.490. The number of nitrogens with one attached hydrogen (secondary N) is 1. The molecular formula is C11H11ClN6O3. The molecular weight excluding hydrogens is 300 g/mol. The molecule has 0 aliphatic heterocycles. The van der Waals surface area contributed by atoms with Crippen LogP contribution in [0.5, 0.6) is 0 Å². The van der Waals surface area contributed by atoms with Gasteiger partial charge in [-0.25, -0.2) is 4.98 Å². The second kappa shape index (κ2) is 5.75. The normalized spacial score (nSPS) is 10.4. The average molecular weight is 311 g/mol. The fraction of sp³-hybridized carbons (Fsp3) is 0.182. The number of nitrogens with zero attached hydrogens (tertiary/aromatic N) is 4. The molecule has 2 rings (SSSR count). The lowest BCUT2D eigenvalue weighted by Crippen LogP contribution is -2.24. The summed E-state index contributed by atoms with van der Waals surface area (Å²) in [5.41, 5.74) is 5.76. The smallest absolute Gasteiger partial charge is 0.300 e. The second-order valence-corrected chi connectivity index (χ2v) is 4.53.